The number of carboxylic acid groups (broad SMARTS) is 1. The van der Waals surface area contributed by atoms with Crippen LogP contribution in [0.1, 0.15) is 71.6 Å². The van der Waals surface area contributed by atoms with Crippen molar-refractivity contribution in [3.05, 3.63) is 0 Å². The van der Waals surface area contributed by atoms with Crippen molar-refractivity contribution in [3.63, 3.8) is 0 Å². The number of hydrogen-bond acceptors (Lipinski definition) is 3. The summed E-state index contributed by atoms with van der Waals surface area (Å²) >= 11 is 1.77. The van der Waals surface area contributed by atoms with Crippen molar-refractivity contribution in [1.82, 2.24) is 0 Å². The molecule has 0 radical (unpaired) electrons. The molecule has 0 N–H and O–H groups in total. The van der Waals surface area contributed by atoms with E-state index in [-0.39, 0.29) is 6.42 Å². The third-order valence-electron chi connectivity index (χ3n) is 3.35. The van der Waals surface area contributed by atoms with Gasteiger partial charge in [0.2, 0.25) is 0 Å². The molecule has 0 heterocycles. The topological polar surface area (TPSA) is 40.1 Å². The van der Waals surface area contributed by atoms with E-state index >= 15 is 0 Å². The smallest absolute Gasteiger partial charge is 0.0422 e. The van der Waals surface area contributed by atoms with E-state index in [0.717, 1.165) is 11.7 Å². The van der Waals surface area contributed by atoms with Crippen LogP contribution in [0.4, 0.5) is 0 Å². The number of carbonyl (C=O) groups is 1. The molecule has 2 nitrogen and oxygen atoms in total. The van der Waals surface area contributed by atoms with Crippen LogP contribution in [0, 0.1) is 5.92 Å². The molecule has 18 heavy (non-hydrogen) atoms. The highest BCUT2D eigenvalue weighted by atomic mass is 32.2. The molecule has 0 aromatic rings. The van der Waals surface area contributed by atoms with Crippen molar-refractivity contribution in [3.8, 4) is 0 Å². The van der Waals surface area contributed by atoms with Gasteiger partial charge in [0.05, 0.1) is 0 Å². The fraction of sp³-hybridized carbons (Fsp3) is 0.933. The first kappa shape index (κ1) is 17.8. The molecule has 0 aromatic heterocycles. The van der Waals surface area contributed by atoms with Crippen LogP contribution in [0.2, 0.25) is 0 Å². The lowest BCUT2D eigenvalue weighted by Crippen LogP contribution is -2.22. The molecular weight excluding hydrogens is 244 g/mol. The van der Waals surface area contributed by atoms with Crippen LogP contribution in [0.3, 0.4) is 0 Å². The molecule has 3 heteroatoms. The quantitative estimate of drug-likeness (QED) is 0.481. The highest BCUT2D eigenvalue weighted by Gasteiger charge is 2.06. The Hall–Kier alpha value is -0.180. The van der Waals surface area contributed by atoms with Gasteiger partial charge in [-0.15, -0.1) is 0 Å². The molecule has 108 valence electrons. The predicted octanol–water partition coefficient (Wildman–Crippen LogP) is 3.64. The van der Waals surface area contributed by atoms with Crippen molar-refractivity contribution in [1.29, 1.82) is 0 Å². The van der Waals surface area contributed by atoms with Gasteiger partial charge < -0.3 is 9.90 Å². The number of aliphatic carboxylic acids is 1. The van der Waals surface area contributed by atoms with Crippen molar-refractivity contribution in [2.75, 3.05) is 11.5 Å². The largest absolute Gasteiger partial charge is 0.550 e. The summed E-state index contributed by atoms with van der Waals surface area (Å²) in [4.78, 5) is 10.3. The third-order valence-corrected chi connectivity index (χ3v) is 4.55. The molecule has 0 amide bonds. The van der Waals surface area contributed by atoms with E-state index in [0.29, 0.717) is 5.75 Å². The van der Waals surface area contributed by atoms with Crippen LogP contribution in [-0.4, -0.2) is 17.5 Å². The molecule has 0 saturated carbocycles. The monoisotopic (exact) mass is 273 g/mol. The fourth-order valence-corrected chi connectivity index (χ4v) is 3.24. The molecule has 0 rings (SSSR count). The minimum absolute atomic E-state index is 0.193. The molecule has 0 saturated heterocycles. The Balaban J connectivity index is 3.37. The summed E-state index contributed by atoms with van der Waals surface area (Å²) in [5.41, 5.74) is 0. The van der Waals surface area contributed by atoms with Crippen molar-refractivity contribution in [2.45, 2.75) is 71.6 Å². The second-order valence-corrected chi connectivity index (χ2v) is 6.18. The number of rotatable bonds is 13. The maximum atomic E-state index is 10.3. The molecule has 1 unspecified atom stereocenters. The highest BCUT2D eigenvalue weighted by Crippen LogP contribution is 2.20. The molecule has 0 bridgehead atoms. The van der Waals surface area contributed by atoms with Gasteiger partial charge in [0.15, 0.2) is 0 Å². The summed E-state index contributed by atoms with van der Waals surface area (Å²) in [5, 5.41) is 10.3. The Labute approximate surface area is 117 Å². The number of thioether (sulfide) groups is 1. The third kappa shape index (κ3) is 12.3. The average Bonchev–Trinajstić information content (AvgIpc) is 2.35. The van der Waals surface area contributed by atoms with Gasteiger partial charge in [0.1, 0.15) is 0 Å². The second-order valence-electron chi connectivity index (χ2n) is 5.03. The molecule has 0 aliphatic rings. The Bertz CT molecular complexity index is 195. The summed E-state index contributed by atoms with van der Waals surface area (Å²) in [6.45, 7) is 4.48. The number of carbonyl (C=O) groups excluding carboxylic acids is 1. The fourth-order valence-electron chi connectivity index (χ4n) is 2.02. The zero-order valence-electron chi connectivity index (χ0n) is 12.1. The Kier molecular flexibility index (Phi) is 13.1. The summed E-state index contributed by atoms with van der Waals surface area (Å²) in [7, 11) is 0. The van der Waals surface area contributed by atoms with Crippen molar-refractivity contribution < 1.29 is 9.90 Å². The van der Waals surface area contributed by atoms with Gasteiger partial charge in [-0.25, -0.2) is 0 Å². The first-order chi connectivity index (χ1) is 8.70. The lowest BCUT2D eigenvalue weighted by molar-refractivity contribution is -0.305. The Morgan fingerprint density at radius 2 is 1.78 bits per heavy atom. The zero-order chi connectivity index (χ0) is 13.6. The Morgan fingerprint density at radius 3 is 2.39 bits per heavy atom. The number of hydrogen-bond donors (Lipinski definition) is 0. The molecular formula is C15H29O2S-. The van der Waals surface area contributed by atoms with Crippen LogP contribution in [0.25, 0.3) is 0 Å². The zero-order valence-corrected chi connectivity index (χ0v) is 12.9. The predicted molar refractivity (Wildman–Crippen MR) is 78.7 cm³/mol. The molecule has 0 aliphatic carbocycles. The second kappa shape index (κ2) is 13.3. The van der Waals surface area contributed by atoms with Crippen LogP contribution >= 0.6 is 11.8 Å². The maximum Gasteiger partial charge on any atom is 0.0422 e. The molecule has 1 atom stereocenters. The first-order valence-corrected chi connectivity index (χ1v) is 8.63. The minimum atomic E-state index is -0.925. The lowest BCUT2D eigenvalue weighted by atomic mass is 10.00. The number of carboxylic acids is 1. The molecule has 0 aliphatic heterocycles. The SMILES string of the molecule is CCCCCCCCC(CC)CSCCC(=O)[O-]. The van der Waals surface area contributed by atoms with E-state index in [1.165, 1.54) is 51.4 Å². The highest BCUT2D eigenvalue weighted by molar-refractivity contribution is 7.99. The van der Waals surface area contributed by atoms with E-state index < -0.39 is 5.97 Å². The Morgan fingerprint density at radius 1 is 1.11 bits per heavy atom. The van der Waals surface area contributed by atoms with Crippen molar-refractivity contribution >= 4 is 17.7 Å². The van der Waals surface area contributed by atoms with Crippen LogP contribution < -0.4 is 5.11 Å². The van der Waals surface area contributed by atoms with Crippen LogP contribution in [0.15, 0.2) is 0 Å². The van der Waals surface area contributed by atoms with E-state index in [4.69, 9.17) is 0 Å². The van der Waals surface area contributed by atoms with E-state index in [9.17, 15) is 9.90 Å². The minimum Gasteiger partial charge on any atom is -0.550 e. The molecule has 0 fully saturated rings. The summed E-state index contributed by atoms with van der Waals surface area (Å²) in [6, 6.07) is 0. The van der Waals surface area contributed by atoms with Crippen LogP contribution in [-0.2, 0) is 4.79 Å². The van der Waals surface area contributed by atoms with Crippen LogP contribution in [0.5, 0.6) is 0 Å². The number of unbranched alkanes of at least 4 members (excludes halogenated alkanes) is 5. The standard InChI is InChI=1S/C15H30O2S/c1-3-5-6-7-8-9-10-14(4-2)13-18-12-11-15(16)17/h14H,3-13H2,1-2H3,(H,16,17)/p-1. The molecule has 0 spiro atoms. The van der Waals surface area contributed by atoms with Crippen molar-refractivity contribution in [2.24, 2.45) is 5.92 Å². The van der Waals surface area contributed by atoms with Gasteiger partial charge in [-0.3, -0.25) is 0 Å². The van der Waals surface area contributed by atoms with E-state index in [1.807, 2.05) is 0 Å². The summed E-state index contributed by atoms with van der Waals surface area (Å²) in [6.07, 6.45) is 10.9. The summed E-state index contributed by atoms with van der Waals surface area (Å²) < 4.78 is 0. The maximum absolute atomic E-state index is 10.3. The van der Waals surface area contributed by atoms with Gasteiger partial charge in [-0.1, -0.05) is 58.8 Å². The normalized spacial score (nSPS) is 12.6. The van der Waals surface area contributed by atoms with Gasteiger partial charge in [-0.2, -0.15) is 11.8 Å². The molecule has 0 aromatic carbocycles. The van der Waals surface area contributed by atoms with Gasteiger partial charge in [0.25, 0.3) is 0 Å². The van der Waals surface area contributed by atoms with E-state index in [2.05, 4.69) is 13.8 Å². The van der Waals surface area contributed by atoms with Gasteiger partial charge >= 0.3 is 0 Å². The lowest BCUT2D eigenvalue weighted by Gasteiger charge is -2.14. The summed E-state index contributed by atoms with van der Waals surface area (Å²) in [5.74, 6) is 1.66. The van der Waals surface area contributed by atoms with Gasteiger partial charge in [-0.05, 0) is 30.3 Å². The van der Waals surface area contributed by atoms with E-state index in [1.54, 1.807) is 11.8 Å². The first-order valence-electron chi connectivity index (χ1n) is 7.48. The van der Waals surface area contributed by atoms with Gasteiger partial charge in [0, 0.05) is 5.97 Å². The average molecular weight is 273 g/mol.